The molecule has 0 aliphatic heterocycles. The lowest BCUT2D eigenvalue weighted by Crippen LogP contribution is -2.36. The highest BCUT2D eigenvalue weighted by atomic mass is 16.5. The predicted octanol–water partition coefficient (Wildman–Crippen LogP) is 3.92. The van der Waals surface area contributed by atoms with Crippen molar-refractivity contribution in [2.75, 3.05) is 20.2 Å². The smallest absolute Gasteiger partial charge is 0.242 e. The number of ketones is 1. The molecule has 0 aliphatic rings. The fraction of sp³-hybridized carbons (Fsp3) is 0.571. The Bertz CT molecular complexity index is 812. The second-order valence-electron chi connectivity index (χ2n) is 7.84. The number of hydrogen-bond acceptors (Lipinski definition) is 4. The van der Waals surface area contributed by atoms with Crippen LogP contribution in [0.4, 0.5) is 0 Å². The number of Topliss-reactive ketones (excluding diaryl/α,β-unsaturated/α-hetero) is 1. The molecule has 0 fully saturated rings. The highest BCUT2D eigenvalue weighted by Gasteiger charge is 2.29. The van der Waals surface area contributed by atoms with Crippen molar-refractivity contribution in [2.45, 2.75) is 54.0 Å². The zero-order valence-corrected chi connectivity index (χ0v) is 17.3. The summed E-state index contributed by atoms with van der Waals surface area (Å²) in [5.74, 6) is 0.920. The lowest BCUT2D eigenvalue weighted by Gasteiger charge is -2.23. The van der Waals surface area contributed by atoms with Gasteiger partial charge in [-0.2, -0.15) is 0 Å². The molecule has 6 nitrogen and oxygen atoms in total. The van der Waals surface area contributed by atoms with Gasteiger partial charge >= 0.3 is 0 Å². The first-order valence-corrected chi connectivity index (χ1v) is 9.59. The number of fused-ring (bicyclic) bond motifs is 1. The molecular weight excluding hydrogens is 342 g/mol. The molecule has 0 unspecified atom stereocenters. The van der Waals surface area contributed by atoms with Crippen LogP contribution in [0.25, 0.3) is 11.0 Å². The van der Waals surface area contributed by atoms with Crippen molar-refractivity contribution in [1.82, 2.24) is 14.5 Å². The maximum atomic E-state index is 13.0. The van der Waals surface area contributed by atoms with Crippen LogP contribution in [0, 0.1) is 5.41 Å². The molecule has 0 atom stereocenters. The van der Waals surface area contributed by atoms with E-state index < -0.39 is 5.41 Å². The summed E-state index contributed by atoms with van der Waals surface area (Å²) in [6.45, 7) is 11.2. The van der Waals surface area contributed by atoms with Crippen LogP contribution in [0.15, 0.2) is 18.2 Å². The number of nitrogens with zero attached hydrogens (tertiary/aromatic N) is 3. The quantitative estimate of drug-likeness (QED) is 0.658. The molecular formula is C21H31N3O3. The summed E-state index contributed by atoms with van der Waals surface area (Å²) in [5, 5.41) is 0. The molecule has 1 amide bonds. The lowest BCUT2D eigenvalue weighted by atomic mass is 9.90. The molecule has 0 spiro atoms. The summed E-state index contributed by atoms with van der Waals surface area (Å²) in [6.07, 6.45) is 1.80. The number of benzene rings is 1. The molecule has 1 aromatic heterocycles. The number of carbonyl (C=O) groups is 2. The Morgan fingerprint density at radius 2 is 1.78 bits per heavy atom. The van der Waals surface area contributed by atoms with Gasteiger partial charge in [0.1, 0.15) is 12.3 Å². The van der Waals surface area contributed by atoms with Crippen LogP contribution >= 0.6 is 0 Å². The summed E-state index contributed by atoms with van der Waals surface area (Å²) in [4.78, 5) is 32.3. The van der Waals surface area contributed by atoms with E-state index in [2.05, 4.69) is 18.8 Å². The van der Waals surface area contributed by atoms with Crippen molar-refractivity contribution in [1.29, 1.82) is 0 Å². The highest BCUT2D eigenvalue weighted by Crippen LogP contribution is 2.27. The van der Waals surface area contributed by atoms with Crippen molar-refractivity contribution in [2.24, 2.45) is 5.41 Å². The Labute approximate surface area is 161 Å². The van der Waals surface area contributed by atoms with Gasteiger partial charge in [-0.15, -0.1) is 0 Å². The van der Waals surface area contributed by atoms with Crippen molar-refractivity contribution >= 4 is 22.7 Å². The molecule has 0 saturated heterocycles. The van der Waals surface area contributed by atoms with Gasteiger partial charge in [-0.05, 0) is 25.0 Å². The van der Waals surface area contributed by atoms with Gasteiger partial charge < -0.3 is 14.2 Å². The molecule has 0 aliphatic carbocycles. The van der Waals surface area contributed by atoms with E-state index in [9.17, 15) is 9.59 Å². The van der Waals surface area contributed by atoms with Crippen LogP contribution in [0.1, 0.15) is 58.1 Å². The summed E-state index contributed by atoms with van der Waals surface area (Å²) in [6, 6.07) is 5.47. The Morgan fingerprint density at radius 3 is 2.30 bits per heavy atom. The third-order valence-corrected chi connectivity index (χ3v) is 4.47. The second-order valence-corrected chi connectivity index (χ2v) is 7.84. The molecule has 1 heterocycles. The number of ether oxygens (including phenoxy) is 1. The number of amides is 1. The van der Waals surface area contributed by atoms with E-state index >= 15 is 0 Å². The van der Waals surface area contributed by atoms with Crippen molar-refractivity contribution in [3.63, 3.8) is 0 Å². The van der Waals surface area contributed by atoms with Crippen molar-refractivity contribution < 1.29 is 14.3 Å². The van der Waals surface area contributed by atoms with Crippen molar-refractivity contribution in [3.05, 3.63) is 24.0 Å². The minimum Gasteiger partial charge on any atom is -0.497 e. The molecule has 0 N–H and O–H groups in total. The average Bonchev–Trinajstić information content (AvgIpc) is 2.97. The average molecular weight is 373 g/mol. The van der Waals surface area contributed by atoms with Gasteiger partial charge in [0.25, 0.3) is 0 Å². The Balaban J connectivity index is 2.53. The first-order valence-electron chi connectivity index (χ1n) is 9.59. The number of hydrogen-bond donors (Lipinski definition) is 0. The molecule has 6 heteroatoms. The van der Waals surface area contributed by atoms with E-state index in [0.29, 0.717) is 30.2 Å². The van der Waals surface area contributed by atoms with Crippen LogP contribution < -0.4 is 4.74 Å². The van der Waals surface area contributed by atoms with Crippen LogP contribution in [-0.2, 0) is 11.3 Å². The van der Waals surface area contributed by atoms with E-state index in [1.165, 1.54) is 0 Å². The number of carbonyl (C=O) groups excluding carboxylic acids is 2. The Kier molecular flexibility index (Phi) is 6.63. The van der Waals surface area contributed by atoms with Crippen LogP contribution in [0.5, 0.6) is 5.75 Å². The molecule has 2 rings (SSSR count). The third-order valence-electron chi connectivity index (χ3n) is 4.47. The third kappa shape index (κ3) is 4.67. The number of rotatable bonds is 8. The monoisotopic (exact) mass is 373 g/mol. The first kappa shape index (κ1) is 20.9. The maximum Gasteiger partial charge on any atom is 0.242 e. The maximum absolute atomic E-state index is 13.0. The van der Waals surface area contributed by atoms with E-state index in [4.69, 9.17) is 4.74 Å². The molecule has 2 aromatic rings. The standard InChI is InChI=1S/C21H31N3O3/c1-7-11-23(12-8-2)18(25)14-24-17-13-15(27-6)9-10-16(17)22-20(24)19(26)21(3,4)5/h9-10,13H,7-8,11-12,14H2,1-6H3. The molecule has 27 heavy (non-hydrogen) atoms. The fourth-order valence-corrected chi connectivity index (χ4v) is 3.03. The van der Waals surface area contributed by atoms with Crippen LogP contribution in [0.3, 0.4) is 0 Å². The Morgan fingerprint density at radius 1 is 1.15 bits per heavy atom. The SMILES string of the molecule is CCCN(CCC)C(=O)Cn1c(C(=O)C(C)(C)C)nc2ccc(OC)cc21. The lowest BCUT2D eigenvalue weighted by molar-refractivity contribution is -0.131. The van der Waals surface area contributed by atoms with E-state index in [1.54, 1.807) is 11.7 Å². The molecule has 1 aromatic carbocycles. The zero-order chi connectivity index (χ0) is 20.2. The van der Waals surface area contributed by atoms with E-state index in [0.717, 1.165) is 18.4 Å². The molecule has 0 bridgehead atoms. The van der Waals surface area contributed by atoms with Gasteiger partial charge in [-0.1, -0.05) is 34.6 Å². The van der Waals surface area contributed by atoms with E-state index in [1.807, 2.05) is 43.9 Å². The van der Waals surface area contributed by atoms with E-state index in [-0.39, 0.29) is 18.2 Å². The first-order chi connectivity index (χ1) is 12.7. The van der Waals surface area contributed by atoms with Gasteiger partial charge in [0.15, 0.2) is 5.82 Å². The van der Waals surface area contributed by atoms with Crippen molar-refractivity contribution in [3.8, 4) is 5.75 Å². The predicted molar refractivity (Wildman–Crippen MR) is 107 cm³/mol. The molecule has 0 radical (unpaired) electrons. The summed E-state index contributed by atoms with van der Waals surface area (Å²) >= 11 is 0. The summed E-state index contributed by atoms with van der Waals surface area (Å²) in [7, 11) is 1.60. The van der Waals surface area contributed by atoms with Crippen LogP contribution in [-0.4, -0.2) is 46.3 Å². The minimum absolute atomic E-state index is 0.00350. The summed E-state index contributed by atoms with van der Waals surface area (Å²) < 4.78 is 7.06. The molecule has 0 saturated carbocycles. The second kappa shape index (κ2) is 8.55. The topological polar surface area (TPSA) is 64.4 Å². The zero-order valence-electron chi connectivity index (χ0n) is 17.3. The van der Waals surface area contributed by atoms with Gasteiger partial charge in [-0.25, -0.2) is 4.98 Å². The van der Waals surface area contributed by atoms with Gasteiger partial charge in [0.05, 0.1) is 18.1 Å². The minimum atomic E-state index is -0.585. The summed E-state index contributed by atoms with van der Waals surface area (Å²) in [5.41, 5.74) is 0.843. The largest absolute Gasteiger partial charge is 0.497 e. The fourth-order valence-electron chi connectivity index (χ4n) is 3.03. The number of imidazole rings is 1. The normalized spacial score (nSPS) is 11.6. The Hall–Kier alpha value is -2.37. The van der Waals surface area contributed by atoms with Gasteiger partial charge in [0.2, 0.25) is 11.7 Å². The number of methoxy groups -OCH3 is 1. The number of aromatic nitrogens is 2. The molecule has 148 valence electrons. The van der Waals surface area contributed by atoms with Crippen LogP contribution in [0.2, 0.25) is 0 Å². The van der Waals surface area contributed by atoms with Gasteiger partial charge in [-0.3, -0.25) is 9.59 Å². The van der Waals surface area contributed by atoms with Gasteiger partial charge in [0, 0.05) is 24.6 Å². The highest BCUT2D eigenvalue weighted by molar-refractivity contribution is 6.00.